The van der Waals surface area contributed by atoms with Crippen LogP contribution in [0.3, 0.4) is 0 Å². The van der Waals surface area contributed by atoms with E-state index in [0.29, 0.717) is 22.8 Å². The first-order valence-corrected chi connectivity index (χ1v) is 11.5. The summed E-state index contributed by atoms with van der Waals surface area (Å²) in [7, 11) is -2.38. The lowest BCUT2D eigenvalue weighted by atomic mass is 10.2. The van der Waals surface area contributed by atoms with Gasteiger partial charge in [-0.1, -0.05) is 17.3 Å². The third-order valence-electron chi connectivity index (χ3n) is 4.91. The number of sulfonamides is 1. The van der Waals surface area contributed by atoms with Crippen LogP contribution in [0.1, 0.15) is 16.2 Å². The minimum absolute atomic E-state index is 0.0464. The Balaban J connectivity index is 1.48. The Kier molecular flexibility index (Phi) is 6.28. The molecule has 174 valence electrons. The summed E-state index contributed by atoms with van der Waals surface area (Å²) < 4.78 is 47.5. The molecule has 3 aromatic carbocycles. The van der Waals surface area contributed by atoms with E-state index in [1.807, 2.05) is 6.07 Å². The van der Waals surface area contributed by atoms with Crippen LogP contribution in [0.5, 0.6) is 5.75 Å². The number of ether oxygens (including phenoxy) is 1. The third-order valence-corrected chi connectivity index (χ3v) is 6.30. The molecule has 0 bridgehead atoms. The zero-order valence-corrected chi connectivity index (χ0v) is 19.0. The summed E-state index contributed by atoms with van der Waals surface area (Å²) in [4.78, 5) is 12.7. The van der Waals surface area contributed by atoms with Crippen LogP contribution in [0, 0.1) is 12.7 Å². The Labute approximate surface area is 195 Å². The fraction of sp³-hybridized carbons (Fsp3) is 0.0870. The third kappa shape index (κ3) is 4.89. The average Bonchev–Trinajstić information content (AvgIpc) is 3.20. The number of carbonyl (C=O) groups excluding carboxylic acids is 1. The first-order valence-electron chi connectivity index (χ1n) is 10.0. The van der Waals surface area contributed by atoms with E-state index in [-0.39, 0.29) is 16.3 Å². The smallest absolute Gasteiger partial charge is 0.278 e. The quantitative estimate of drug-likeness (QED) is 0.415. The van der Waals surface area contributed by atoms with Gasteiger partial charge < -0.3 is 10.1 Å². The van der Waals surface area contributed by atoms with Gasteiger partial charge in [-0.3, -0.25) is 9.52 Å². The van der Waals surface area contributed by atoms with E-state index in [2.05, 4.69) is 20.4 Å². The molecule has 4 rings (SSSR count). The zero-order valence-electron chi connectivity index (χ0n) is 18.2. The second-order valence-electron chi connectivity index (χ2n) is 7.23. The molecule has 0 saturated heterocycles. The van der Waals surface area contributed by atoms with Crippen molar-refractivity contribution in [3.05, 3.63) is 90.0 Å². The van der Waals surface area contributed by atoms with Crippen molar-refractivity contribution >= 4 is 27.3 Å². The number of methoxy groups -OCH3 is 1. The molecule has 0 aliphatic rings. The maximum absolute atomic E-state index is 13.3. The number of aromatic nitrogens is 3. The van der Waals surface area contributed by atoms with Gasteiger partial charge in [0.25, 0.3) is 15.9 Å². The van der Waals surface area contributed by atoms with Crippen molar-refractivity contribution in [2.75, 3.05) is 17.1 Å². The van der Waals surface area contributed by atoms with Crippen molar-refractivity contribution in [1.29, 1.82) is 0 Å². The standard InChI is InChI=1S/C23H20FN5O4S/c1-15-22(26-28-29(15)19-7-4-8-20(14-19)33-2)23(30)25-17-9-11-21(12-10-17)34(31,32)27-18-6-3-5-16(24)13-18/h3-14,27H,1-2H3,(H,25,30). The van der Waals surface area contributed by atoms with Gasteiger partial charge in [-0.25, -0.2) is 17.5 Å². The number of amides is 1. The Hall–Kier alpha value is -4.25. The van der Waals surface area contributed by atoms with Crippen molar-refractivity contribution in [3.63, 3.8) is 0 Å². The number of rotatable bonds is 7. The number of hydrogen-bond acceptors (Lipinski definition) is 6. The molecule has 34 heavy (non-hydrogen) atoms. The molecule has 0 fully saturated rings. The van der Waals surface area contributed by atoms with Crippen LogP contribution >= 0.6 is 0 Å². The summed E-state index contributed by atoms with van der Waals surface area (Å²) in [6, 6.07) is 17.8. The predicted octanol–water partition coefficient (Wildman–Crippen LogP) is 3.78. The molecule has 2 N–H and O–H groups in total. The van der Waals surface area contributed by atoms with Crippen molar-refractivity contribution in [1.82, 2.24) is 15.0 Å². The van der Waals surface area contributed by atoms with E-state index in [1.165, 1.54) is 47.1 Å². The number of hydrogen-bond donors (Lipinski definition) is 2. The molecular weight excluding hydrogens is 461 g/mol. The molecule has 0 spiro atoms. The van der Waals surface area contributed by atoms with Crippen LogP contribution < -0.4 is 14.8 Å². The van der Waals surface area contributed by atoms with Crippen LogP contribution in [0.25, 0.3) is 5.69 Å². The Morgan fingerprint density at radius 3 is 2.44 bits per heavy atom. The summed E-state index contributed by atoms with van der Waals surface area (Å²) in [5, 5.41) is 10.7. The van der Waals surface area contributed by atoms with Crippen molar-refractivity contribution in [2.45, 2.75) is 11.8 Å². The normalized spacial score (nSPS) is 11.1. The highest BCUT2D eigenvalue weighted by Gasteiger charge is 2.19. The molecular formula is C23H20FN5O4S. The topological polar surface area (TPSA) is 115 Å². The van der Waals surface area contributed by atoms with Crippen LogP contribution in [0.15, 0.2) is 77.7 Å². The van der Waals surface area contributed by atoms with Crippen LogP contribution in [0.2, 0.25) is 0 Å². The summed E-state index contributed by atoms with van der Waals surface area (Å²) in [5.41, 5.74) is 1.79. The molecule has 9 nitrogen and oxygen atoms in total. The van der Waals surface area contributed by atoms with E-state index in [9.17, 15) is 17.6 Å². The van der Waals surface area contributed by atoms with E-state index < -0.39 is 21.7 Å². The average molecular weight is 482 g/mol. The van der Waals surface area contributed by atoms with E-state index in [0.717, 1.165) is 6.07 Å². The Morgan fingerprint density at radius 2 is 1.74 bits per heavy atom. The summed E-state index contributed by atoms with van der Waals surface area (Å²) in [6.07, 6.45) is 0. The summed E-state index contributed by atoms with van der Waals surface area (Å²) >= 11 is 0. The fourth-order valence-corrected chi connectivity index (χ4v) is 4.25. The maximum atomic E-state index is 13.3. The molecule has 0 radical (unpaired) electrons. The number of nitrogens with zero attached hydrogens (tertiary/aromatic N) is 3. The lowest BCUT2D eigenvalue weighted by Crippen LogP contribution is -2.15. The second kappa shape index (κ2) is 9.32. The van der Waals surface area contributed by atoms with Crippen molar-refractivity contribution in [3.8, 4) is 11.4 Å². The highest BCUT2D eigenvalue weighted by Crippen LogP contribution is 2.21. The van der Waals surface area contributed by atoms with Gasteiger partial charge in [0.05, 0.1) is 29.1 Å². The SMILES string of the molecule is COc1cccc(-n2nnc(C(=O)Nc3ccc(S(=O)(=O)Nc4cccc(F)c4)cc3)c2C)c1. The molecule has 1 heterocycles. The van der Waals surface area contributed by atoms with Gasteiger partial charge in [-0.2, -0.15) is 0 Å². The zero-order chi connectivity index (χ0) is 24.3. The minimum Gasteiger partial charge on any atom is -0.497 e. The van der Waals surface area contributed by atoms with E-state index in [4.69, 9.17) is 4.74 Å². The largest absolute Gasteiger partial charge is 0.497 e. The summed E-state index contributed by atoms with van der Waals surface area (Å²) in [6.45, 7) is 1.71. The van der Waals surface area contributed by atoms with Crippen LogP contribution in [-0.4, -0.2) is 36.4 Å². The second-order valence-corrected chi connectivity index (χ2v) is 8.91. The minimum atomic E-state index is -3.93. The van der Waals surface area contributed by atoms with Crippen LogP contribution in [0.4, 0.5) is 15.8 Å². The molecule has 0 aliphatic heterocycles. The Bertz CT molecular complexity index is 1450. The molecule has 1 aromatic heterocycles. The van der Waals surface area contributed by atoms with Gasteiger partial charge in [-0.15, -0.1) is 5.10 Å². The predicted molar refractivity (Wildman–Crippen MR) is 124 cm³/mol. The highest BCUT2D eigenvalue weighted by molar-refractivity contribution is 7.92. The maximum Gasteiger partial charge on any atom is 0.278 e. The lowest BCUT2D eigenvalue weighted by Gasteiger charge is -2.09. The monoisotopic (exact) mass is 481 g/mol. The number of anilines is 2. The highest BCUT2D eigenvalue weighted by atomic mass is 32.2. The first-order chi connectivity index (χ1) is 16.3. The fourth-order valence-electron chi connectivity index (χ4n) is 3.20. The van der Waals surface area contributed by atoms with Crippen LogP contribution in [-0.2, 0) is 10.0 Å². The van der Waals surface area contributed by atoms with Gasteiger partial charge in [0, 0.05) is 11.8 Å². The molecule has 1 amide bonds. The van der Waals surface area contributed by atoms with Gasteiger partial charge in [0.1, 0.15) is 11.6 Å². The summed E-state index contributed by atoms with van der Waals surface area (Å²) in [5.74, 6) is -0.419. The first kappa shape index (κ1) is 22.9. The molecule has 0 aliphatic carbocycles. The van der Waals surface area contributed by atoms with Gasteiger partial charge in [-0.05, 0) is 61.5 Å². The van der Waals surface area contributed by atoms with Gasteiger partial charge in [0.2, 0.25) is 0 Å². The van der Waals surface area contributed by atoms with Crippen molar-refractivity contribution < 1.29 is 22.3 Å². The van der Waals surface area contributed by atoms with E-state index >= 15 is 0 Å². The number of benzene rings is 3. The lowest BCUT2D eigenvalue weighted by molar-refractivity contribution is 0.102. The molecule has 0 unspecified atom stereocenters. The number of halogens is 1. The number of nitrogens with one attached hydrogen (secondary N) is 2. The molecule has 4 aromatic rings. The van der Waals surface area contributed by atoms with Gasteiger partial charge >= 0.3 is 0 Å². The van der Waals surface area contributed by atoms with Crippen molar-refractivity contribution in [2.24, 2.45) is 0 Å². The molecule has 11 heteroatoms. The number of carbonyl (C=O) groups is 1. The Morgan fingerprint density at radius 1 is 1.00 bits per heavy atom. The van der Waals surface area contributed by atoms with E-state index in [1.54, 1.807) is 32.2 Å². The molecule has 0 atom stereocenters. The molecule has 0 saturated carbocycles. The van der Waals surface area contributed by atoms with Gasteiger partial charge in [0.15, 0.2) is 5.69 Å².